The summed E-state index contributed by atoms with van der Waals surface area (Å²) in [6.45, 7) is 3.56. The number of nitrogens with zero attached hydrogens (tertiary/aromatic N) is 2. The van der Waals surface area contributed by atoms with E-state index >= 15 is 0 Å². The highest BCUT2D eigenvalue weighted by molar-refractivity contribution is 7.98. The Hall–Kier alpha value is -2.99. The molecule has 1 heterocycles. The van der Waals surface area contributed by atoms with Crippen LogP contribution in [0.1, 0.15) is 37.7 Å². The van der Waals surface area contributed by atoms with Gasteiger partial charge in [-0.1, -0.05) is 60.3 Å². The third-order valence-electron chi connectivity index (χ3n) is 3.99. The molecule has 0 amide bonds. The molecule has 28 heavy (non-hydrogen) atoms. The van der Waals surface area contributed by atoms with Gasteiger partial charge in [-0.3, -0.25) is 4.79 Å². The van der Waals surface area contributed by atoms with Gasteiger partial charge in [0.25, 0.3) is 0 Å². The molecule has 0 atom stereocenters. The second-order valence-corrected chi connectivity index (χ2v) is 7.19. The van der Waals surface area contributed by atoms with Crippen molar-refractivity contribution in [3.63, 3.8) is 0 Å². The minimum absolute atomic E-state index is 0.232. The van der Waals surface area contributed by atoms with Crippen molar-refractivity contribution in [3.8, 4) is 0 Å². The number of carbonyl (C=O) groups excluding carboxylic acids is 2. The van der Waals surface area contributed by atoms with Crippen LogP contribution in [-0.2, 0) is 10.5 Å². The van der Waals surface area contributed by atoms with E-state index in [2.05, 4.69) is 9.97 Å². The lowest BCUT2D eigenvalue weighted by atomic mass is 10.1. The van der Waals surface area contributed by atoms with Crippen molar-refractivity contribution in [1.82, 2.24) is 9.97 Å². The number of rotatable bonds is 7. The van der Waals surface area contributed by atoms with Gasteiger partial charge in [-0.05, 0) is 31.5 Å². The first-order chi connectivity index (χ1) is 13.5. The molecule has 0 aliphatic heterocycles. The van der Waals surface area contributed by atoms with Crippen molar-refractivity contribution in [2.75, 3.05) is 6.61 Å². The van der Waals surface area contributed by atoms with Gasteiger partial charge in [-0.15, -0.1) is 0 Å². The number of esters is 1. The molecule has 142 valence electrons. The molecule has 0 aliphatic carbocycles. The van der Waals surface area contributed by atoms with Crippen molar-refractivity contribution in [1.29, 1.82) is 0 Å². The third-order valence-corrected chi connectivity index (χ3v) is 4.88. The fourth-order valence-electron chi connectivity index (χ4n) is 2.66. The molecule has 0 saturated heterocycles. The number of carbonyl (C=O) groups is 2. The molecule has 5 nitrogen and oxygen atoms in total. The number of Topliss-reactive ketones (excluding diaryl/α,β-unsaturated/α-hetero) is 1. The van der Waals surface area contributed by atoms with Crippen LogP contribution in [0.3, 0.4) is 0 Å². The van der Waals surface area contributed by atoms with Crippen molar-refractivity contribution in [2.24, 2.45) is 0 Å². The number of ether oxygens (including phenoxy) is 1. The zero-order valence-corrected chi connectivity index (χ0v) is 16.5. The molecule has 0 unspecified atom stereocenters. The second-order valence-electron chi connectivity index (χ2n) is 6.24. The van der Waals surface area contributed by atoms with Crippen LogP contribution in [0.5, 0.6) is 0 Å². The number of hydrogen-bond donors (Lipinski definition) is 0. The Morgan fingerprint density at radius 3 is 2.29 bits per heavy atom. The average Bonchev–Trinajstić information content (AvgIpc) is 2.70. The van der Waals surface area contributed by atoms with Crippen molar-refractivity contribution >= 4 is 23.5 Å². The number of thioether (sulfide) groups is 1. The van der Waals surface area contributed by atoms with Crippen LogP contribution in [0.25, 0.3) is 0 Å². The Kier molecular flexibility index (Phi) is 6.55. The highest BCUT2D eigenvalue weighted by Gasteiger charge is 2.15. The smallest absolute Gasteiger partial charge is 0.338 e. The summed E-state index contributed by atoms with van der Waals surface area (Å²) in [4.78, 5) is 33.5. The Bertz CT molecular complexity index is 970. The molecule has 0 bridgehead atoms. The molecule has 0 N–H and O–H groups in total. The molecule has 2 aromatic carbocycles. The van der Waals surface area contributed by atoms with Crippen LogP contribution >= 0.6 is 11.8 Å². The van der Waals surface area contributed by atoms with E-state index in [1.165, 1.54) is 11.8 Å². The predicted molar refractivity (Wildman–Crippen MR) is 109 cm³/mol. The van der Waals surface area contributed by atoms with E-state index in [-0.39, 0.29) is 12.4 Å². The predicted octanol–water partition coefficient (Wildman–Crippen LogP) is 4.43. The molecule has 3 aromatic rings. The van der Waals surface area contributed by atoms with Crippen LogP contribution in [0.15, 0.2) is 65.8 Å². The van der Waals surface area contributed by atoms with Crippen molar-refractivity contribution < 1.29 is 14.3 Å². The van der Waals surface area contributed by atoms with E-state index in [1.54, 1.807) is 36.4 Å². The number of benzene rings is 2. The highest BCUT2D eigenvalue weighted by Crippen LogP contribution is 2.23. The van der Waals surface area contributed by atoms with Crippen LogP contribution in [0.2, 0.25) is 0 Å². The maximum atomic E-state index is 12.5. The summed E-state index contributed by atoms with van der Waals surface area (Å²) in [5, 5.41) is 0.667. The molecule has 3 rings (SSSR count). The number of hydrogen-bond acceptors (Lipinski definition) is 6. The van der Waals surface area contributed by atoms with Gasteiger partial charge in [-0.2, -0.15) is 0 Å². The SMILES string of the molecule is Cc1cc(C)nc(SCc2ccccc2C(=O)OCC(=O)c2ccccc2)n1. The summed E-state index contributed by atoms with van der Waals surface area (Å²) in [7, 11) is 0. The van der Waals surface area contributed by atoms with Gasteiger partial charge >= 0.3 is 5.97 Å². The molecular weight excluding hydrogens is 372 g/mol. The topological polar surface area (TPSA) is 69.2 Å². The Balaban J connectivity index is 1.65. The largest absolute Gasteiger partial charge is 0.454 e. The van der Waals surface area contributed by atoms with E-state index in [4.69, 9.17) is 4.74 Å². The summed E-state index contributed by atoms with van der Waals surface area (Å²) in [5.41, 5.74) is 3.59. The lowest BCUT2D eigenvalue weighted by Gasteiger charge is -2.09. The van der Waals surface area contributed by atoms with E-state index < -0.39 is 5.97 Å². The zero-order chi connectivity index (χ0) is 19.9. The zero-order valence-electron chi connectivity index (χ0n) is 15.7. The second kappa shape index (κ2) is 9.28. The van der Waals surface area contributed by atoms with Gasteiger partial charge in [0.15, 0.2) is 17.5 Å². The molecule has 0 spiro atoms. The lowest BCUT2D eigenvalue weighted by molar-refractivity contribution is 0.0474. The third kappa shape index (κ3) is 5.27. The molecule has 0 radical (unpaired) electrons. The number of ketones is 1. The molecule has 0 saturated carbocycles. The van der Waals surface area contributed by atoms with Gasteiger partial charge < -0.3 is 4.74 Å². The first-order valence-corrected chi connectivity index (χ1v) is 9.80. The monoisotopic (exact) mass is 392 g/mol. The van der Waals surface area contributed by atoms with E-state index in [1.807, 2.05) is 38.1 Å². The van der Waals surface area contributed by atoms with Gasteiger partial charge in [0.05, 0.1) is 5.56 Å². The fourth-order valence-corrected chi connectivity index (χ4v) is 3.62. The summed E-state index contributed by atoms with van der Waals surface area (Å²) >= 11 is 1.46. The highest BCUT2D eigenvalue weighted by atomic mass is 32.2. The molecule has 1 aromatic heterocycles. The fraction of sp³-hybridized carbons (Fsp3) is 0.182. The summed E-state index contributed by atoms with van der Waals surface area (Å²) in [6.07, 6.45) is 0. The summed E-state index contributed by atoms with van der Waals surface area (Å²) in [6, 6.07) is 17.9. The minimum Gasteiger partial charge on any atom is -0.454 e. The van der Waals surface area contributed by atoms with Gasteiger partial charge in [0.1, 0.15) is 0 Å². The minimum atomic E-state index is -0.512. The normalized spacial score (nSPS) is 10.5. The van der Waals surface area contributed by atoms with E-state index in [0.29, 0.717) is 22.0 Å². The first-order valence-electron chi connectivity index (χ1n) is 8.81. The molecule has 0 fully saturated rings. The summed E-state index contributed by atoms with van der Waals surface area (Å²) in [5.74, 6) is -0.216. The summed E-state index contributed by atoms with van der Waals surface area (Å²) < 4.78 is 5.25. The Labute approximate surface area is 168 Å². The number of aryl methyl sites for hydroxylation is 2. The maximum Gasteiger partial charge on any atom is 0.338 e. The van der Waals surface area contributed by atoms with Gasteiger partial charge in [-0.25, -0.2) is 14.8 Å². The quantitative estimate of drug-likeness (QED) is 0.256. The van der Waals surface area contributed by atoms with Crippen LogP contribution < -0.4 is 0 Å². The average molecular weight is 392 g/mol. The van der Waals surface area contributed by atoms with Crippen molar-refractivity contribution in [3.05, 3.63) is 88.7 Å². The van der Waals surface area contributed by atoms with E-state index in [0.717, 1.165) is 17.0 Å². The van der Waals surface area contributed by atoms with Gasteiger partial charge in [0.2, 0.25) is 0 Å². The number of aromatic nitrogens is 2. The van der Waals surface area contributed by atoms with Gasteiger partial charge in [0, 0.05) is 22.7 Å². The molecule has 6 heteroatoms. The maximum absolute atomic E-state index is 12.5. The molecular formula is C22H20N2O3S. The first kappa shape index (κ1) is 19.8. The Morgan fingerprint density at radius 1 is 0.929 bits per heavy atom. The van der Waals surface area contributed by atoms with Crippen LogP contribution in [0.4, 0.5) is 0 Å². The van der Waals surface area contributed by atoms with E-state index in [9.17, 15) is 9.59 Å². The Morgan fingerprint density at radius 2 is 1.57 bits per heavy atom. The standard InChI is InChI=1S/C22H20N2O3S/c1-15-12-16(2)24-22(23-15)28-14-18-10-6-7-11-19(18)21(26)27-13-20(25)17-8-4-3-5-9-17/h3-12H,13-14H2,1-2H3. The van der Waals surface area contributed by atoms with Crippen LogP contribution in [0, 0.1) is 13.8 Å². The van der Waals surface area contributed by atoms with Crippen molar-refractivity contribution in [2.45, 2.75) is 24.8 Å². The molecule has 0 aliphatic rings. The van der Waals surface area contributed by atoms with Crippen LogP contribution in [-0.4, -0.2) is 28.3 Å². The lowest BCUT2D eigenvalue weighted by Crippen LogP contribution is -2.15.